The van der Waals surface area contributed by atoms with Crippen LogP contribution in [-0.4, -0.2) is 43.3 Å². The molecular weight excluding hydrogens is 256 g/mol. The van der Waals surface area contributed by atoms with Crippen molar-refractivity contribution < 1.29 is 5.11 Å². The zero-order valence-electron chi connectivity index (χ0n) is 11.6. The molecule has 0 amide bonds. The average molecular weight is 276 g/mol. The molecule has 2 unspecified atom stereocenters. The van der Waals surface area contributed by atoms with E-state index in [2.05, 4.69) is 15.0 Å². The van der Waals surface area contributed by atoms with Crippen molar-refractivity contribution in [3.63, 3.8) is 0 Å². The summed E-state index contributed by atoms with van der Waals surface area (Å²) >= 11 is 0. The van der Waals surface area contributed by atoms with Crippen LogP contribution in [0, 0.1) is 0 Å². The number of rotatable bonds is 4. The van der Waals surface area contributed by atoms with Crippen molar-refractivity contribution in [3.05, 3.63) is 34.4 Å². The lowest BCUT2D eigenvalue weighted by atomic mass is 10.1. The standard InChI is InChI=1S/C14H20N4O2/c1-10(19)7-12-3-2-6-17(12)9-11-8-14(20)18-13(16-11)4-5-15-18/h4-5,8,10,12,15,19H,2-3,6-7,9H2,1H3. The number of hydrogen-bond donors (Lipinski definition) is 2. The summed E-state index contributed by atoms with van der Waals surface area (Å²) in [4.78, 5) is 18.7. The van der Waals surface area contributed by atoms with Gasteiger partial charge in [-0.15, -0.1) is 0 Å². The largest absolute Gasteiger partial charge is 0.393 e. The van der Waals surface area contributed by atoms with E-state index in [0.717, 1.165) is 31.5 Å². The minimum absolute atomic E-state index is 0.0822. The Morgan fingerprint density at radius 2 is 2.45 bits per heavy atom. The van der Waals surface area contributed by atoms with Crippen molar-refractivity contribution >= 4 is 5.65 Å². The third-order valence-electron chi connectivity index (χ3n) is 3.91. The molecule has 108 valence electrons. The molecule has 0 aliphatic carbocycles. The number of H-pyrrole nitrogens is 1. The number of aliphatic hydroxyl groups excluding tert-OH is 1. The van der Waals surface area contributed by atoms with Crippen LogP contribution >= 0.6 is 0 Å². The van der Waals surface area contributed by atoms with Gasteiger partial charge in [-0.3, -0.25) is 14.8 Å². The van der Waals surface area contributed by atoms with Crippen molar-refractivity contribution in [3.8, 4) is 0 Å². The Bertz CT molecular complexity index is 646. The molecule has 0 saturated carbocycles. The third kappa shape index (κ3) is 2.62. The fourth-order valence-corrected chi connectivity index (χ4v) is 3.03. The molecule has 2 aromatic rings. The van der Waals surface area contributed by atoms with Crippen molar-refractivity contribution in [2.75, 3.05) is 6.54 Å². The van der Waals surface area contributed by atoms with E-state index >= 15 is 0 Å². The van der Waals surface area contributed by atoms with Gasteiger partial charge in [-0.25, -0.2) is 9.50 Å². The molecule has 2 aromatic heterocycles. The number of hydrogen-bond acceptors (Lipinski definition) is 4. The van der Waals surface area contributed by atoms with Crippen LogP contribution in [0.1, 0.15) is 31.9 Å². The number of nitrogens with zero attached hydrogens (tertiary/aromatic N) is 3. The molecule has 20 heavy (non-hydrogen) atoms. The van der Waals surface area contributed by atoms with Gasteiger partial charge >= 0.3 is 0 Å². The van der Waals surface area contributed by atoms with Crippen molar-refractivity contribution in [1.29, 1.82) is 0 Å². The number of fused-ring (bicyclic) bond motifs is 1. The predicted molar refractivity (Wildman–Crippen MR) is 75.5 cm³/mol. The monoisotopic (exact) mass is 276 g/mol. The van der Waals surface area contributed by atoms with E-state index in [9.17, 15) is 9.90 Å². The van der Waals surface area contributed by atoms with Crippen LogP contribution in [0.3, 0.4) is 0 Å². The topological polar surface area (TPSA) is 73.6 Å². The van der Waals surface area contributed by atoms with Crippen LogP contribution in [0.5, 0.6) is 0 Å². The second-order valence-electron chi connectivity index (χ2n) is 5.59. The highest BCUT2D eigenvalue weighted by Gasteiger charge is 2.26. The highest BCUT2D eigenvalue weighted by molar-refractivity contribution is 5.36. The Morgan fingerprint density at radius 1 is 1.60 bits per heavy atom. The molecule has 1 saturated heterocycles. The summed E-state index contributed by atoms with van der Waals surface area (Å²) in [5.41, 5.74) is 1.37. The van der Waals surface area contributed by atoms with Crippen LogP contribution in [0.2, 0.25) is 0 Å². The summed E-state index contributed by atoms with van der Waals surface area (Å²) in [5, 5.41) is 12.4. The molecule has 2 atom stereocenters. The van der Waals surface area contributed by atoms with Crippen LogP contribution in [0.15, 0.2) is 23.1 Å². The van der Waals surface area contributed by atoms with Crippen molar-refractivity contribution in [2.24, 2.45) is 0 Å². The van der Waals surface area contributed by atoms with Gasteiger partial charge in [-0.05, 0) is 32.7 Å². The van der Waals surface area contributed by atoms with Gasteiger partial charge in [-0.2, -0.15) is 0 Å². The van der Waals surface area contributed by atoms with Gasteiger partial charge in [0.15, 0.2) is 5.65 Å². The molecule has 1 fully saturated rings. The maximum atomic E-state index is 11.9. The van der Waals surface area contributed by atoms with E-state index in [0.29, 0.717) is 18.2 Å². The van der Waals surface area contributed by atoms with Gasteiger partial charge in [0, 0.05) is 30.9 Å². The Labute approximate surface area is 117 Å². The minimum atomic E-state index is -0.286. The number of aromatic amines is 1. The van der Waals surface area contributed by atoms with E-state index in [-0.39, 0.29) is 11.7 Å². The van der Waals surface area contributed by atoms with Gasteiger partial charge in [0.2, 0.25) is 0 Å². The van der Waals surface area contributed by atoms with E-state index in [1.165, 1.54) is 4.52 Å². The maximum absolute atomic E-state index is 11.9. The molecule has 1 aliphatic heterocycles. The number of nitrogens with one attached hydrogen (secondary N) is 1. The summed E-state index contributed by atoms with van der Waals surface area (Å²) in [6.45, 7) is 3.51. The van der Waals surface area contributed by atoms with Gasteiger partial charge < -0.3 is 5.11 Å². The number of likely N-dealkylation sites (tertiary alicyclic amines) is 1. The summed E-state index contributed by atoms with van der Waals surface area (Å²) in [6, 6.07) is 3.77. The molecule has 6 heteroatoms. The smallest absolute Gasteiger partial charge is 0.272 e. The van der Waals surface area contributed by atoms with Crippen molar-refractivity contribution in [1.82, 2.24) is 19.5 Å². The molecule has 0 spiro atoms. The molecule has 2 N–H and O–H groups in total. The Hall–Kier alpha value is -1.66. The van der Waals surface area contributed by atoms with Crippen LogP contribution in [0.4, 0.5) is 0 Å². The first-order valence-electron chi connectivity index (χ1n) is 7.11. The van der Waals surface area contributed by atoms with Gasteiger partial charge in [-0.1, -0.05) is 0 Å². The molecule has 6 nitrogen and oxygen atoms in total. The van der Waals surface area contributed by atoms with Crippen molar-refractivity contribution in [2.45, 2.75) is 44.9 Å². The SMILES string of the molecule is CC(O)CC1CCCN1Cc1cc(=O)n2[nH]ccc2n1. The minimum Gasteiger partial charge on any atom is -0.393 e. The Kier molecular flexibility index (Phi) is 3.58. The second kappa shape index (κ2) is 5.38. The zero-order valence-corrected chi connectivity index (χ0v) is 11.6. The number of aliphatic hydroxyl groups is 1. The lowest BCUT2D eigenvalue weighted by Gasteiger charge is -2.25. The molecule has 0 bridgehead atoms. The zero-order chi connectivity index (χ0) is 14.1. The van der Waals surface area contributed by atoms with E-state index in [4.69, 9.17) is 0 Å². The van der Waals surface area contributed by atoms with Gasteiger partial charge in [0.1, 0.15) is 0 Å². The highest BCUT2D eigenvalue weighted by atomic mass is 16.3. The summed E-state index contributed by atoms with van der Waals surface area (Å²) < 4.78 is 1.43. The first kappa shape index (κ1) is 13.3. The molecule has 0 radical (unpaired) electrons. The fraction of sp³-hybridized carbons (Fsp3) is 0.571. The number of aromatic nitrogens is 3. The molecule has 3 rings (SSSR count). The highest BCUT2D eigenvalue weighted by Crippen LogP contribution is 2.23. The Morgan fingerprint density at radius 3 is 3.25 bits per heavy atom. The first-order valence-corrected chi connectivity index (χ1v) is 7.11. The summed E-state index contributed by atoms with van der Waals surface area (Å²) in [5.74, 6) is 0. The van der Waals surface area contributed by atoms with E-state index < -0.39 is 0 Å². The van der Waals surface area contributed by atoms with E-state index in [1.807, 2.05) is 6.92 Å². The first-order chi connectivity index (χ1) is 9.63. The lowest BCUT2D eigenvalue weighted by molar-refractivity contribution is 0.130. The normalized spacial score (nSPS) is 21.6. The summed E-state index contributed by atoms with van der Waals surface area (Å²) in [7, 11) is 0. The third-order valence-corrected chi connectivity index (χ3v) is 3.91. The van der Waals surface area contributed by atoms with Crippen LogP contribution in [0.25, 0.3) is 5.65 Å². The predicted octanol–water partition coefficient (Wildman–Crippen LogP) is 0.758. The van der Waals surface area contributed by atoms with Crippen LogP contribution < -0.4 is 5.56 Å². The quantitative estimate of drug-likeness (QED) is 0.864. The Balaban J connectivity index is 1.80. The lowest BCUT2D eigenvalue weighted by Crippen LogP contribution is -2.32. The molecule has 0 aromatic carbocycles. The van der Waals surface area contributed by atoms with E-state index in [1.54, 1.807) is 18.3 Å². The van der Waals surface area contributed by atoms with Gasteiger partial charge in [0.05, 0.1) is 11.8 Å². The maximum Gasteiger partial charge on any atom is 0.272 e. The summed E-state index contributed by atoms with van der Waals surface area (Å²) in [6.07, 6.45) is 4.45. The second-order valence-corrected chi connectivity index (χ2v) is 5.59. The molecule has 1 aliphatic rings. The fourth-order valence-electron chi connectivity index (χ4n) is 3.03. The average Bonchev–Trinajstić information content (AvgIpc) is 2.99. The van der Waals surface area contributed by atoms with Crippen LogP contribution in [-0.2, 0) is 6.54 Å². The molecule has 3 heterocycles. The molecular formula is C14H20N4O2. The van der Waals surface area contributed by atoms with Gasteiger partial charge in [0.25, 0.3) is 5.56 Å².